The molecule has 6 heteroatoms. The van der Waals surface area contributed by atoms with Crippen molar-refractivity contribution in [2.24, 2.45) is 0 Å². The lowest BCUT2D eigenvalue weighted by molar-refractivity contribution is -0.144. The lowest BCUT2D eigenvalue weighted by Gasteiger charge is -2.32. The van der Waals surface area contributed by atoms with E-state index in [1.54, 1.807) is 24.3 Å². The van der Waals surface area contributed by atoms with Gasteiger partial charge in [-0.25, -0.2) is 0 Å². The Bertz CT molecular complexity index is 809. The molecule has 3 rings (SSSR count). The number of halogens is 1. The zero-order chi connectivity index (χ0) is 18.5. The van der Waals surface area contributed by atoms with Gasteiger partial charge in [0.05, 0.1) is 10.6 Å². The van der Waals surface area contributed by atoms with Gasteiger partial charge in [-0.15, -0.1) is 0 Å². The molecule has 1 atom stereocenters. The average molecular weight is 373 g/mol. The average Bonchev–Trinajstić information content (AvgIpc) is 2.62. The molecule has 1 aliphatic heterocycles. The molecule has 1 fully saturated rings. The molecule has 2 aromatic rings. The van der Waals surface area contributed by atoms with Crippen LogP contribution in [0.4, 0.5) is 5.69 Å². The van der Waals surface area contributed by atoms with Gasteiger partial charge in [0.2, 0.25) is 0 Å². The van der Waals surface area contributed by atoms with E-state index in [-0.39, 0.29) is 5.91 Å². The van der Waals surface area contributed by atoms with Gasteiger partial charge >= 0.3 is 5.97 Å². The fourth-order valence-corrected chi connectivity index (χ4v) is 3.51. The zero-order valence-electron chi connectivity index (χ0n) is 14.3. The molecule has 0 aromatic heterocycles. The molecule has 0 spiro atoms. The van der Waals surface area contributed by atoms with Crippen molar-refractivity contribution in [2.45, 2.75) is 31.8 Å². The SMILES string of the molecule is O=C(Nc1cccc(CN2CCCCC2C(=O)O)c1)c1ccccc1Cl. The van der Waals surface area contributed by atoms with Crippen LogP contribution in [0.1, 0.15) is 35.2 Å². The number of hydrogen-bond donors (Lipinski definition) is 2. The van der Waals surface area contributed by atoms with E-state index in [1.165, 1.54) is 0 Å². The predicted octanol–water partition coefficient (Wildman–Crippen LogP) is 4.03. The number of piperidine rings is 1. The number of aliphatic carboxylic acids is 1. The van der Waals surface area contributed by atoms with Gasteiger partial charge in [-0.1, -0.05) is 42.3 Å². The molecule has 1 saturated heterocycles. The maximum absolute atomic E-state index is 12.4. The van der Waals surface area contributed by atoms with Gasteiger partial charge in [0, 0.05) is 12.2 Å². The molecule has 1 unspecified atom stereocenters. The van der Waals surface area contributed by atoms with Gasteiger partial charge in [0.1, 0.15) is 6.04 Å². The number of carbonyl (C=O) groups excluding carboxylic acids is 1. The Balaban J connectivity index is 1.71. The molecule has 0 aliphatic carbocycles. The number of nitrogens with one attached hydrogen (secondary N) is 1. The Morgan fingerprint density at radius 2 is 1.96 bits per heavy atom. The first-order chi connectivity index (χ1) is 12.5. The highest BCUT2D eigenvalue weighted by Gasteiger charge is 2.28. The minimum absolute atomic E-state index is 0.269. The zero-order valence-corrected chi connectivity index (χ0v) is 15.1. The van der Waals surface area contributed by atoms with Gasteiger partial charge in [0.25, 0.3) is 5.91 Å². The summed E-state index contributed by atoms with van der Waals surface area (Å²) in [6.07, 6.45) is 2.63. The third-order valence-corrected chi connectivity index (χ3v) is 4.92. The van der Waals surface area contributed by atoms with Crippen LogP contribution in [0.5, 0.6) is 0 Å². The molecule has 5 nitrogen and oxygen atoms in total. The molecule has 1 amide bonds. The molecule has 0 radical (unpaired) electrons. The monoisotopic (exact) mass is 372 g/mol. The van der Waals surface area contributed by atoms with Gasteiger partial charge in [-0.2, -0.15) is 0 Å². The molecule has 26 heavy (non-hydrogen) atoms. The minimum Gasteiger partial charge on any atom is -0.480 e. The molecule has 2 aromatic carbocycles. The molecule has 0 saturated carbocycles. The van der Waals surface area contributed by atoms with Crippen molar-refractivity contribution in [3.05, 3.63) is 64.7 Å². The number of likely N-dealkylation sites (tertiary alicyclic amines) is 1. The number of hydrogen-bond acceptors (Lipinski definition) is 3. The van der Waals surface area contributed by atoms with E-state index in [1.807, 2.05) is 29.2 Å². The standard InChI is InChI=1S/C20H21ClN2O3/c21-17-9-2-1-8-16(17)19(24)22-15-7-5-6-14(12-15)13-23-11-4-3-10-18(23)20(25)26/h1-2,5-9,12,18H,3-4,10-11,13H2,(H,22,24)(H,25,26). The Kier molecular flexibility index (Phi) is 5.91. The van der Waals surface area contributed by atoms with Gasteiger partial charge in [-0.3, -0.25) is 14.5 Å². The van der Waals surface area contributed by atoms with Crippen LogP contribution >= 0.6 is 11.6 Å². The van der Waals surface area contributed by atoms with Crippen LogP contribution in [0, 0.1) is 0 Å². The third kappa shape index (κ3) is 4.42. The lowest BCUT2D eigenvalue weighted by Crippen LogP contribution is -2.43. The van der Waals surface area contributed by atoms with Crippen molar-refractivity contribution in [1.29, 1.82) is 0 Å². The fraction of sp³-hybridized carbons (Fsp3) is 0.300. The van der Waals surface area contributed by atoms with Crippen LogP contribution in [0.25, 0.3) is 0 Å². The van der Waals surface area contributed by atoms with E-state index in [0.717, 1.165) is 24.9 Å². The summed E-state index contributed by atoms with van der Waals surface area (Å²) >= 11 is 6.07. The minimum atomic E-state index is -0.770. The smallest absolute Gasteiger partial charge is 0.320 e. The Morgan fingerprint density at radius 3 is 2.73 bits per heavy atom. The van der Waals surface area contributed by atoms with Crippen LogP contribution in [-0.4, -0.2) is 34.5 Å². The quantitative estimate of drug-likeness (QED) is 0.831. The van der Waals surface area contributed by atoms with E-state index in [0.29, 0.717) is 29.2 Å². The Morgan fingerprint density at radius 1 is 1.15 bits per heavy atom. The summed E-state index contributed by atoms with van der Waals surface area (Å²) in [6.45, 7) is 1.32. The summed E-state index contributed by atoms with van der Waals surface area (Å²) in [6, 6.07) is 13.9. The summed E-state index contributed by atoms with van der Waals surface area (Å²) in [7, 11) is 0. The van der Waals surface area contributed by atoms with Crippen molar-refractivity contribution in [3.63, 3.8) is 0 Å². The molecule has 1 aliphatic rings. The van der Waals surface area contributed by atoms with Crippen molar-refractivity contribution < 1.29 is 14.7 Å². The van der Waals surface area contributed by atoms with E-state index in [9.17, 15) is 14.7 Å². The van der Waals surface area contributed by atoms with Gasteiger partial charge in [-0.05, 0) is 49.2 Å². The predicted molar refractivity (Wildman–Crippen MR) is 102 cm³/mol. The largest absolute Gasteiger partial charge is 0.480 e. The van der Waals surface area contributed by atoms with Gasteiger partial charge in [0.15, 0.2) is 0 Å². The second-order valence-electron chi connectivity index (χ2n) is 6.45. The van der Waals surface area contributed by atoms with E-state index >= 15 is 0 Å². The number of carboxylic acid groups (broad SMARTS) is 1. The number of anilines is 1. The molecule has 2 N–H and O–H groups in total. The van der Waals surface area contributed by atoms with E-state index in [2.05, 4.69) is 5.32 Å². The third-order valence-electron chi connectivity index (χ3n) is 4.59. The molecule has 1 heterocycles. The number of carboxylic acids is 1. The first kappa shape index (κ1) is 18.4. The maximum Gasteiger partial charge on any atom is 0.320 e. The van der Waals surface area contributed by atoms with Crippen molar-refractivity contribution in [3.8, 4) is 0 Å². The first-order valence-corrected chi connectivity index (χ1v) is 9.04. The molecular weight excluding hydrogens is 352 g/mol. The number of rotatable bonds is 5. The van der Waals surface area contributed by atoms with Crippen molar-refractivity contribution >= 4 is 29.2 Å². The number of carbonyl (C=O) groups is 2. The van der Waals surface area contributed by atoms with Crippen molar-refractivity contribution in [1.82, 2.24) is 4.90 Å². The molecular formula is C20H21ClN2O3. The number of benzene rings is 2. The topological polar surface area (TPSA) is 69.6 Å². The summed E-state index contributed by atoms with van der Waals surface area (Å²) in [4.78, 5) is 25.8. The van der Waals surface area contributed by atoms with Crippen LogP contribution in [0.15, 0.2) is 48.5 Å². The highest BCUT2D eigenvalue weighted by Crippen LogP contribution is 2.22. The molecule has 0 bridgehead atoms. The van der Waals surface area contributed by atoms with Crippen LogP contribution in [0.3, 0.4) is 0 Å². The molecule has 136 valence electrons. The second kappa shape index (κ2) is 8.34. The van der Waals surface area contributed by atoms with Crippen LogP contribution in [-0.2, 0) is 11.3 Å². The normalized spacial score (nSPS) is 17.7. The van der Waals surface area contributed by atoms with E-state index < -0.39 is 12.0 Å². The first-order valence-electron chi connectivity index (χ1n) is 8.66. The Labute approximate surface area is 157 Å². The summed E-state index contributed by atoms with van der Waals surface area (Å²) in [5.41, 5.74) is 2.05. The van der Waals surface area contributed by atoms with Crippen molar-refractivity contribution in [2.75, 3.05) is 11.9 Å². The maximum atomic E-state index is 12.4. The van der Waals surface area contributed by atoms with Crippen LogP contribution < -0.4 is 5.32 Å². The number of amides is 1. The van der Waals surface area contributed by atoms with Gasteiger partial charge < -0.3 is 10.4 Å². The highest BCUT2D eigenvalue weighted by molar-refractivity contribution is 6.34. The summed E-state index contributed by atoms with van der Waals surface area (Å²) in [5.74, 6) is -1.04. The Hall–Kier alpha value is -2.37. The highest BCUT2D eigenvalue weighted by atomic mass is 35.5. The van der Waals surface area contributed by atoms with Crippen LogP contribution in [0.2, 0.25) is 5.02 Å². The second-order valence-corrected chi connectivity index (χ2v) is 6.86. The summed E-state index contributed by atoms with van der Waals surface area (Å²) in [5, 5.41) is 12.7. The fourth-order valence-electron chi connectivity index (χ4n) is 3.29. The summed E-state index contributed by atoms with van der Waals surface area (Å²) < 4.78 is 0. The lowest BCUT2D eigenvalue weighted by atomic mass is 10.0. The van der Waals surface area contributed by atoms with E-state index in [4.69, 9.17) is 11.6 Å². The number of nitrogens with zero attached hydrogens (tertiary/aromatic N) is 1.